The number of hydrogen-bond donors (Lipinski definition) is 1. The molecule has 1 aromatic rings. The molecule has 1 aromatic carbocycles. The van der Waals surface area contributed by atoms with Gasteiger partial charge in [0.1, 0.15) is 0 Å². The first kappa shape index (κ1) is 17.9. The van der Waals surface area contributed by atoms with Crippen molar-refractivity contribution in [3.05, 3.63) is 29.8 Å². The smallest absolute Gasteiger partial charge is 0.253 e. The maximum atomic E-state index is 12.8. The molecule has 3 fully saturated rings. The molecule has 3 atom stereocenters. The fourth-order valence-corrected chi connectivity index (χ4v) is 6.12. The summed E-state index contributed by atoms with van der Waals surface area (Å²) in [6.45, 7) is 2.58. The van der Waals surface area contributed by atoms with Crippen molar-refractivity contribution in [1.29, 1.82) is 0 Å². The van der Waals surface area contributed by atoms with E-state index < -0.39 is 10.0 Å². The molecule has 2 aliphatic heterocycles. The van der Waals surface area contributed by atoms with Gasteiger partial charge < -0.3 is 10.0 Å². The van der Waals surface area contributed by atoms with Gasteiger partial charge >= 0.3 is 0 Å². The van der Waals surface area contributed by atoms with Crippen LogP contribution in [0.3, 0.4) is 0 Å². The summed E-state index contributed by atoms with van der Waals surface area (Å²) in [7, 11) is -3.44. The zero-order valence-electron chi connectivity index (χ0n) is 14.9. The highest BCUT2D eigenvalue weighted by Crippen LogP contribution is 2.36. The van der Waals surface area contributed by atoms with Gasteiger partial charge in [-0.05, 0) is 68.2 Å². The summed E-state index contributed by atoms with van der Waals surface area (Å²) >= 11 is 0. The molecule has 1 saturated carbocycles. The average Bonchev–Trinajstić information content (AvgIpc) is 3.31. The van der Waals surface area contributed by atoms with E-state index in [0.29, 0.717) is 37.0 Å². The molecule has 0 radical (unpaired) electrons. The molecule has 1 amide bonds. The Morgan fingerprint density at radius 2 is 1.65 bits per heavy atom. The van der Waals surface area contributed by atoms with Gasteiger partial charge in [-0.2, -0.15) is 4.31 Å². The maximum absolute atomic E-state index is 12.8. The van der Waals surface area contributed by atoms with Gasteiger partial charge in [0.2, 0.25) is 10.0 Å². The summed E-state index contributed by atoms with van der Waals surface area (Å²) in [5.74, 6) is 0.827. The number of sulfonamides is 1. The van der Waals surface area contributed by atoms with Crippen LogP contribution in [0.15, 0.2) is 29.2 Å². The van der Waals surface area contributed by atoms with E-state index in [1.165, 1.54) is 4.31 Å². The molecular formula is C19H26N2O4S. The standard InChI is InChI=1S/C19H26N2O4S/c22-17-6-3-15-12-20(13-16(15)11-17)19(23)14-4-7-18(8-5-14)26(24,25)21-9-1-2-10-21/h4-5,7-8,15-17,22H,1-3,6,9-13H2. The molecule has 3 unspecified atom stereocenters. The average molecular weight is 378 g/mol. The number of amides is 1. The largest absolute Gasteiger partial charge is 0.393 e. The van der Waals surface area contributed by atoms with E-state index in [2.05, 4.69) is 0 Å². The van der Waals surface area contributed by atoms with E-state index >= 15 is 0 Å². The Kier molecular flexibility index (Phi) is 4.79. The van der Waals surface area contributed by atoms with Crippen LogP contribution in [0.1, 0.15) is 42.5 Å². The number of rotatable bonds is 3. The van der Waals surface area contributed by atoms with Gasteiger partial charge in [-0.25, -0.2) is 8.42 Å². The Bertz CT molecular complexity index is 771. The van der Waals surface area contributed by atoms with Crippen LogP contribution in [0, 0.1) is 11.8 Å². The first-order valence-corrected chi connectivity index (χ1v) is 11.0. The molecule has 6 nitrogen and oxygen atoms in total. The van der Waals surface area contributed by atoms with Crippen molar-refractivity contribution in [2.45, 2.75) is 43.1 Å². The summed E-state index contributed by atoms with van der Waals surface area (Å²) in [5, 5.41) is 9.83. The lowest BCUT2D eigenvalue weighted by Gasteiger charge is -2.27. The van der Waals surface area contributed by atoms with Gasteiger partial charge in [-0.15, -0.1) is 0 Å². The van der Waals surface area contributed by atoms with Crippen molar-refractivity contribution >= 4 is 15.9 Å². The number of likely N-dealkylation sites (tertiary alicyclic amines) is 1. The predicted octanol–water partition coefficient (Wildman–Crippen LogP) is 1.70. The van der Waals surface area contributed by atoms with E-state index in [0.717, 1.165) is 38.6 Å². The van der Waals surface area contributed by atoms with Crippen LogP contribution in [0.5, 0.6) is 0 Å². The van der Waals surface area contributed by atoms with Crippen molar-refractivity contribution in [3.63, 3.8) is 0 Å². The lowest BCUT2D eigenvalue weighted by molar-refractivity contribution is 0.0776. The van der Waals surface area contributed by atoms with Crippen molar-refractivity contribution < 1.29 is 18.3 Å². The molecule has 4 rings (SSSR count). The van der Waals surface area contributed by atoms with E-state index in [4.69, 9.17) is 0 Å². The number of carbonyl (C=O) groups is 1. The second-order valence-corrected chi connectivity index (χ2v) is 9.77. The molecule has 142 valence electrons. The Morgan fingerprint density at radius 3 is 2.35 bits per heavy atom. The number of aliphatic hydroxyl groups is 1. The first-order valence-electron chi connectivity index (χ1n) is 9.53. The number of benzene rings is 1. The van der Waals surface area contributed by atoms with Gasteiger partial charge in [-0.3, -0.25) is 4.79 Å². The Hall–Kier alpha value is -1.44. The minimum atomic E-state index is -3.44. The highest BCUT2D eigenvalue weighted by molar-refractivity contribution is 7.89. The number of aliphatic hydroxyl groups excluding tert-OH is 1. The summed E-state index contributed by atoms with van der Waals surface area (Å²) in [6, 6.07) is 6.35. The van der Waals surface area contributed by atoms with Crippen molar-refractivity contribution in [2.24, 2.45) is 11.8 Å². The molecule has 2 heterocycles. The molecule has 0 aromatic heterocycles. The lowest BCUT2D eigenvalue weighted by Crippen LogP contribution is -2.29. The van der Waals surface area contributed by atoms with Crippen LogP contribution in [0.25, 0.3) is 0 Å². The molecule has 2 saturated heterocycles. The van der Waals surface area contributed by atoms with Crippen LogP contribution in [-0.4, -0.2) is 60.9 Å². The zero-order valence-corrected chi connectivity index (χ0v) is 15.7. The third kappa shape index (κ3) is 3.28. The van der Waals surface area contributed by atoms with Crippen molar-refractivity contribution in [2.75, 3.05) is 26.2 Å². The molecular weight excluding hydrogens is 352 g/mol. The maximum Gasteiger partial charge on any atom is 0.253 e. The van der Waals surface area contributed by atoms with Gasteiger partial charge in [0.05, 0.1) is 11.0 Å². The van der Waals surface area contributed by atoms with Crippen molar-refractivity contribution in [3.8, 4) is 0 Å². The van der Waals surface area contributed by atoms with Crippen LogP contribution < -0.4 is 0 Å². The Labute approximate surface area is 154 Å². The second-order valence-electron chi connectivity index (χ2n) is 7.83. The van der Waals surface area contributed by atoms with E-state index in [1.807, 2.05) is 4.90 Å². The van der Waals surface area contributed by atoms with Gasteiger partial charge in [0.25, 0.3) is 5.91 Å². The molecule has 1 aliphatic carbocycles. The fourth-order valence-electron chi connectivity index (χ4n) is 4.60. The van der Waals surface area contributed by atoms with Gasteiger partial charge in [-0.1, -0.05) is 0 Å². The summed E-state index contributed by atoms with van der Waals surface area (Å²) in [4.78, 5) is 14.9. The van der Waals surface area contributed by atoms with Gasteiger partial charge in [0.15, 0.2) is 0 Å². The molecule has 7 heteroatoms. The molecule has 26 heavy (non-hydrogen) atoms. The highest BCUT2D eigenvalue weighted by Gasteiger charge is 2.39. The summed E-state index contributed by atoms with van der Waals surface area (Å²) in [5.41, 5.74) is 0.532. The van der Waals surface area contributed by atoms with E-state index in [-0.39, 0.29) is 16.9 Å². The quantitative estimate of drug-likeness (QED) is 0.868. The van der Waals surface area contributed by atoms with E-state index in [1.54, 1.807) is 24.3 Å². The van der Waals surface area contributed by atoms with Crippen molar-refractivity contribution in [1.82, 2.24) is 9.21 Å². The fraction of sp³-hybridized carbons (Fsp3) is 0.632. The third-order valence-corrected chi connectivity index (χ3v) is 8.03. The second kappa shape index (κ2) is 6.94. The first-order chi connectivity index (χ1) is 12.4. The normalized spacial score (nSPS) is 29.7. The van der Waals surface area contributed by atoms with Gasteiger partial charge in [0, 0.05) is 31.7 Å². The summed E-state index contributed by atoms with van der Waals surface area (Å²) in [6.07, 6.45) is 4.15. The van der Waals surface area contributed by atoms with Crippen LogP contribution in [0.4, 0.5) is 0 Å². The van der Waals surface area contributed by atoms with Crippen LogP contribution >= 0.6 is 0 Å². The minimum absolute atomic E-state index is 0.0426. The number of hydrogen-bond acceptors (Lipinski definition) is 4. The molecule has 0 spiro atoms. The molecule has 0 bridgehead atoms. The predicted molar refractivity (Wildman–Crippen MR) is 97.2 cm³/mol. The highest BCUT2D eigenvalue weighted by atomic mass is 32.2. The minimum Gasteiger partial charge on any atom is -0.393 e. The number of nitrogens with zero attached hydrogens (tertiary/aromatic N) is 2. The topological polar surface area (TPSA) is 77.9 Å². The summed E-state index contributed by atoms with van der Waals surface area (Å²) < 4.78 is 26.7. The Balaban J connectivity index is 1.46. The third-order valence-electron chi connectivity index (χ3n) is 6.11. The monoisotopic (exact) mass is 378 g/mol. The SMILES string of the molecule is O=C(c1ccc(S(=O)(=O)N2CCCC2)cc1)N1CC2CCC(O)CC2C1. The Morgan fingerprint density at radius 1 is 1.00 bits per heavy atom. The zero-order chi connectivity index (χ0) is 18.3. The van der Waals surface area contributed by atoms with Crippen LogP contribution in [0.2, 0.25) is 0 Å². The molecule has 3 aliphatic rings. The molecule has 1 N–H and O–H groups in total. The van der Waals surface area contributed by atoms with E-state index in [9.17, 15) is 18.3 Å². The van der Waals surface area contributed by atoms with Crippen LogP contribution in [-0.2, 0) is 10.0 Å². The number of carbonyl (C=O) groups excluding carboxylic acids is 1. The lowest BCUT2D eigenvalue weighted by atomic mass is 9.80. The number of fused-ring (bicyclic) bond motifs is 1.